The standard InChI is InChI=1S/C16H21N5O3/c1-3-21(4-2)13-6-5-11(14(22)9-13)10-17-19-15(23)7-12-8-16(24)20-18-12/h5-6,8-10,22H,3-4,7H2,1-2H3,(H,19,23)(H2,18,20,24)/b17-10-. The number of phenols is 1. The first-order chi connectivity index (χ1) is 11.5. The maximum absolute atomic E-state index is 11.7. The van der Waals surface area contributed by atoms with Gasteiger partial charge >= 0.3 is 0 Å². The highest BCUT2D eigenvalue weighted by Crippen LogP contribution is 2.23. The zero-order chi connectivity index (χ0) is 17.5. The molecule has 128 valence electrons. The van der Waals surface area contributed by atoms with Gasteiger partial charge in [-0.3, -0.25) is 14.7 Å². The topological polar surface area (TPSA) is 114 Å². The van der Waals surface area contributed by atoms with Crippen LogP contribution in [0.2, 0.25) is 0 Å². The second-order valence-electron chi connectivity index (χ2n) is 5.17. The van der Waals surface area contributed by atoms with Crippen molar-refractivity contribution in [1.82, 2.24) is 15.6 Å². The van der Waals surface area contributed by atoms with E-state index in [-0.39, 0.29) is 23.6 Å². The van der Waals surface area contributed by atoms with Gasteiger partial charge in [0.15, 0.2) is 0 Å². The number of amides is 1. The highest BCUT2D eigenvalue weighted by atomic mass is 16.3. The molecular weight excluding hydrogens is 310 g/mol. The molecule has 0 saturated heterocycles. The van der Waals surface area contributed by atoms with Crippen molar-refractivity contribution in [3.05, 3.63) is 45.9 Å². The number of rotatable bonds is 7. The third kappa shape index (κ3) is 4.48. The number of carbonyl (C=O) groups excluding carboxylic acids is 1. The van der Waals surface area contributed by atoms with Crippen LogP contribution in [0.15, 0.2) is 34.2 Å². The van der Waals surface area contributed by atoms with E-state index in [0.717, 1.165) is 18.8 Å². The Balaban J connectivity index is 1.96. The minimum atomic E-state index is -0.374. The Kier molecular flexibility index (Phi) is 5.78. The number of carbonyl (C=O) groups is 1. The average Bonchev–Trinajstić information content (AvgIpc) is 2.95. The van der Waals surface area contributed by atoms with Gasteiger partial charge in [-0.25, -0.2) is 5.43 Å². The number of nitrogens with one attached hydrogen (secondary N) is 3. The lowest BCUT2D eigenvalue weighted by Crippen LogP contribution is -2.21. The highest BCUT2D eigenvalue weighted by Gasteiger charge is 2.06. The second kappa shape index (κ2) is 8.00. The first-order valence-electron chi connectivity index (χ1n) is 7.70. The van der Waals surface area contributed by atoms with Crippen molar-refractivity contribution >= 4 is 17.8 Å². The fraction of sp³-hybridized carbons (Fsp3) is 0.312. The number of hydrogen-bond acceptors (Lipinski definition) is 5. The fourth-order valence-corrected chi connectivity index (χ4v) is 2.28. The van der Waals surface area contributed by atoms with Crippen LogP contribution in [0.5, 0.6) is 5.75 Å². The van der Waals surface area contributed by atoms with Gasteiger partial charge in [0.25, 0.3) is 5.56 Å². The molecule has 0 fully saturated rings. The molecule has 1 aromatic heterocycles. The Morgan fingerprint density at radius 2 is 2.04 bits per heavy atom. The van der Waals surface area contributed by atoms with Crippen molar-refractivity contribution in [2.45, 2.75) is 20.3 Å². The number of hydrogen-bond donors (Lipinski definition) is 4. The molecule has 0 spiro atoms. The molecule has 1 amide bonds. The Morgan fingerprint density at radius 3 is 2.62 bits per heavy atom. The number of aromatic amines is 2. The summed E-state index contributed by atoms with van der Waals surface area (Å²) in [6.07, 6.45) is 1.38. The summed E-state index contributed by atoms with van der Waals surface area (Å²) in [5.41, 5.74) is 3.96. The molecule has 24 heavy (non-hydrogen) atoms. The number of phenolic OH excluding ortho intramolecular Hbond substituents is 1. The van der Waals surface area contributed by atoms with Gasteiger partial charge in [0.1, 0.15) is 5.75 Å². The molecule has 0 atom stereocenters. The molecule has 8 nitrogen and oxygen atoms in total. The van der Waals surface area contributed by atoms with Crippen LogP contribution in [0, 0.1) is 0 Å². The minimum absolute atomic E-state index is 0.00294. The van der Waals surface area contributed by atoms with Crippen LogP contribution in [-0.4, -0.2) is 40.5 Å². The molecule has 0 unspecified atom stereocenters. The molecule has 0 aliphatic heterocycles. The van der Waals surface area contributed by atoms with Crippen LogP contribution in [0.25, 0.3) is 0 Å². The maximum atomic E-state index is 11.7. The third-order valence-corrected chi connectivity index (χ3v) is 3.54. The maximum Gasteiger partial charge on any atom is 0.264 e. The molecule has 1 aromatic carbocycles. The summed E-state index contributed by atoms with van der Waals surface area (Å²) in [4.78, 5) is 24.7. The van der Waals surface area contributed by atoms with Crippen molar-refractivity contribution in [1.29, 1.82) is 0 Å². The lowest BCUT2D eigenvalue weighted by Gasteiger charge is -2.21. The van der Waals surface area contributed by atoms with Gasteiger partial charge in [0.2, 0.25) is 5.91 Å². The predicted octanol–water partition coefficient (Wildman–Crippen LogP) is 0.948. The Bertz CT molecular complexity index is 774. The SMILES string of the molecule is CCN(CC)c1ccc(/C=N\NC(=O)Cc2cc(=O)[nH][nH]2)c(O)c1. The Morgan fingerprint density at radius 1 is 1.29 bits per heavy atom. The molecule has 1 heterocycles. The summed E-state index contributed by atoms with van der Waals surface area (Å²) in [6, 6.07) is 6.60. The van der Waals surface area contributed by atoms with E-state index >= 15 is 0 Å². The van der Waals surface area contributed by atoms with Crippen LogP contribution in [0.1, 0.15) is 25.1 Å². The number of nitrogens with zero attached hydrogens (tertiary/aromatic N) is 2. The van der Waals surface area contributed by atoms with Crippen molar-refractivity contribution in [3.8, 4) is 5.75 Å². The molecule has 2 rings (SSSR count). The molecular formula is C16H21N5O3. The van der Waals surface area contributed by atoms with Gasteiger partial charge in [-0.15, -0.1) is 0 Å². The summed E-state index contributed by atoms with van der Waals surface area (Å²) in [5.74, 6) is -0.284. The fourth-order valence-electron chi connectivity index (χ4n) is 2.28. The Labute approximate surface area is 139 Å². The van der Waals surface area contributed by atoms with Gasteiger partial charge in [-0.1, -0.05) is 0 Å². The summed E-state index contributed by atoms with van der Waals surface area (Å²) in [5, 5.41) is 18.8. The second-order valence-corrected chi connectivity index (χ2v) is 5.17. The van der Waals surface area contributed by atoms with Crippen molar-refractivity contribution < 1.29 is 9.90 Å². The van der Waals surface area contributed by atoms with Crippen LogP contribution in [0.4, 0.5) is 5.69 Å². The number of anilines is 1. The Hall–Kier alpha value is -3.03. The van der Waals surface area contributed by atoms with E-state index in [1.165, 1.54) is 12.3 Å². The molecule has 0 bridgehead atoms. The number of aromatic nitrogens is 2. The molecule has 8 heteroatoms. The highest BCUT2D eigenvalue weighted by molar-refractivity contribution is 5.86. The first-order valence-corrected chi connectivity index (χ1v) is 7.70. The summed E-state index contributed by atoms with van der Waals surface area (Å²) < 4.78 is 0. The van der Waals surface area contributed by atoms with Crippen molar-refractivity contribution in [2.24, 2.45) is 5.10 Å². The van der Waals surface area contributed by atoms with Crippen molar-refractivity contribution in [3.63, 3.8) is 0 Å². The summed E-state index contributed by atoms with van der Waals surface area (Å²) in [6.45, 7) is 5.79. The third-order valence-electron chi connectivity index (χ3n) is 3.54. The molecule has 0 aliphatic carbocycles. The van der Waals surface area contributed by atoms with E-state index in [1.54, 1.807) is 12.1 Å². The zero-order valence-electron chi connectivity index (χ0n) is 13.7. The lowest BCUT2D eigenvalue weighted by molar-refractivity contribution is -0.120. The first kappa shape index (κ1) is 17.3. The normalized spacial score (nSPS) is 10.9. The summed E-state index contributed by atoms with van der Waals surface area (Å²) >= 11 is 0. The van der Waals surface area contributed by atoms with E-state index in [2.05, 4.69) is 25.6 Å². The van der Waals surface area contributed by atoms with Crippen LogP contribution in [0.3, 0.4) is 0 Å². The van der Waals surface area contributed by atoms with E-state index in [4.69, 9.17) is 0 Å². The van der Waals surface area contributed by atoms with Crippen LogP contribution < -0.4 is 15.9 Å². The van der Waals surface area contributed by atoms with Crippen molar-refractivity contribution in [2.75, 3.05) is 18.0 Å². The average molecular weight is 331 g/mol. The van der Waals surface area contributed by atoms with Gasteiger partial charge in [0.05, 0.1) is 12.6 Å². The summed E-state index contributed by atoms with van der Waals surface area (Å²) in [7, 11) is 0. The van der Waals surface area contributed by atoms with Gasteiger partial charge in [-0.05, 0) is 26.0 Å². The van der Waals surface area contributed by atoms with E-state index in [0.29, 0.717) is 11.3 Å². The van der Waals surface area contributed by atoms with E-state index in [1.807, 2.05) is 19.9 Å². The molecule has 2 aromatic rings. The smallest absolute Gasteiger partial charge is 0.264 e. The lowest BCUT2D eigenvalue weighted by atomic mass is 10.2. The van der Waals surface area contributed by atoms with E-state index in [9.17, 15) is 14.7 Å². The predicted molar refractivity (Wildman–Crippen MR) is 92.5 cm³/mol. The van der Waals surface area contributed by atoms with Gasteiger partial charge < -0.3 is 15.1 Å². The number of aromatic hydroxyl groups is 1. The largest absolute Gasteiger partial charge is 0.507 e. The van der Waals surface area contributed by atoms with Gasteiger partial charge in [-0.2, -0.15) is 5.10 Å². The number of benzene rings is 1. The quantitative estimate of drug-likeness (QED) is 0.447. The molecule has 0 saturated carbocycles. The molecule has 4 N–H and O–H groups in total. The molecule has 0 radical (unpaired) electrons. The molecule has 0 aliphatic rings. The number of H-pyrrole nitrogens is 2. The van der Waals surface area contributed by atoms with E-state index < -0.39 is 0 Å². The number of hydrazone groups is 1. The minimum Gasteiger partial charge on any atom is -0.507 e. The van der Waals surface area contributed by atoms with Gasteiger partial charge in [0, 0.05) is 42.2 Å². The van der Waals surface area contributed by atoms with Crippen LogP contribution in [-0.2, 0) is 11.2 Å². The zero-order valence-corrected chi connectivity index (χ0v) is 13.7. The van der Waals surface area contributed by atoms with Crippen LogP contribution >= 0.6 is 0 Å². The monoisotopic (exact) mass is 331 g/mol.